The summed E-state index contributed by atoms with van der Waals surface area (Å²) in [6.45, 7) is 2.14. The highest BCUT2D eigenvalue weighted by atomic mass is 15.3. The lowest BCUT2D eigenvalue weighted by atomic mass is 9.93. The van der Waals surface area contributed by atoms with Crippen LogP contribution in [0.2, 0.25) is 0 Å². The molecule has 0 amide bonds. The smallest absolute Gasteiger partial charge is 0.0624 e. The molecule has 0 saturated carbocycles. The van der Waals surface area contributed by atoms with Crippen LogP contribution in [-0.4, -0.2) is 15.8 Å². The van der Waals surface area contributed by atoms with Crippen molar-refractivity contribution in [1.82, 2.24) is 9.78 Å². The summed E-state index contributed by atoms with van der Waals surface area (Å²) in [4.78, 5) is 0. The Hall–Kier alpha value is -1.61. The topological polar surface area (TPSA) is 43.8 Å². The number of aryl methyl sites for hydroxylation is 2. The Morgan fingerprint density at radius 1 is 1.30 bits per heavy atom. The van der Waals surface area contributed by atoms with Crippen molar-refractivity contribution < 1.29 is 0 Å². The maximum atomic E-state index is 6.47. The first-order chi connectivity index (χ1) is 9.67. The van der Waals surface area contributed by atoms with E-state index in [4.69, 9.17) is 5.73 Å². The Morgan fingerprint density at radius 3 is 2.50 bits per heavy atom. The zero-order chi connectivity index (χ0) is 14.1. The fourth-order valence-electron chi connectivity index (χ4n) is 3.24. The highest BCUT2D eigenvalue weighted by Gasteiger charge is 2.26. The molecule has 3 heteroatoms. The molecule has 1 aromatic carbocycles. The van der Waals surface area contributed by atoms with E-state index in [1.165, 1.54) is 16.8 Å². The summed E-state index contributed by atoms with van der Waals surface area (Å²) in [5, 5.41) is 4.51. The Bertz CT molecular complexity index is 575. The molecule has 106 valence electrons. The summed E-state index contributed by atoms with van der Waals surface area (Å²) in [6.07, 6.45) is 4.14. The number of nitrogens with zero attached hydrogens (tertiary/aromatic N) is 2. The van der Waals surface area contributed by atoms with Crippen molar-refractivity contribution in [2.45, 2.75) is 38.6 Å². The van der Waals surface area contributed by atoms with Crippen molar-refractivity contribution in [3.05, 3.63) is 52.8 Å². The van der Waals surface area contributed by atoms with Crippen molar-refractivity contribution >= 4 is 0 Å². The van der Waals surface area contributed by atoms with E-state index in [9.17, 15) is 0 Å². The first kappa shape index (κ1) is 13.4. The fourth-order valence-corrected chi connectivity index (χ4v) is 3.24. The average molecular weight is 269 g/mol. The van der Waals surface area contributed by atoms with E-state index in [1.54, 1.807) is 0 Å². The highest BCUT2D eigenvalue weighted by molar-refractivity contribution is 5.32. The van der Waals surface area contributed by atoms with Gasteiger partial charge in [0.2, 0.25) is 0 Å². The van der Waals surface area contributed by atoms with Gasteiger partial charge in [0, 0.05) is 25.2 Å². The molecule has 3 nitrogen and oxygen atoms in total. The monoisotopic (exact) mass is 269 g/mol. The first-order valence-electron chi connectivity index (χ1n) is 7.51. The van der Waals surface area contributed by atoms with Gasteiger partial charge in [0.05, 0.1) is 5.69 Å². The predicted molar refractivity (Wildman–Crippen MR) is 81.6 cm³/mol. The molecular weight excluding hydrogens is 246 g/mol. The predicted octanol–water partition coefficient (Wildman–Crippen LogP) is 2.27. The molecular formula is C17H23N3. The minimum Gasteiger partial charge on any atom is -0.327 e. The summed E-state index contributed by atoms with van der Waals surface area (Å²) in [7, 11) is 2.02. The molecule has 2 aromatic rings. The molecule has 1 heterocycles. The van der Waals surface area contributed by atoms with E-state index in [1.807, 2.05) is 11.7 Å². The quantitative estimate of drug-likeness (QED) is 0.925. The lowest BCUT2D eigenvalue weighted by Crippen LogP contribution is -2.33. The zero-order valence-electron chi connectivity index (χ0n) is 12.3. The van der Waals surface area contributed by atoms with E-state index in [0.29, 0.717) is 5.92 Å². The van der Waals surface area contributed by atoms with Crippen LogP contribution in [-0.2, 0) is 32.7 Å². The van der Waals surface area contributed by atoms with Gasteiger partial charge in [-0.25, -0.2) is 0 Å². The summed E-state index contributed by atoms with van der Waals surface area (Å²) in [5.74, 6) is 0.562. The fraction of sp³-hybridized carbons (Fsp3) is 0.471. The molecule has 1 aliphatic carbocycles. The molecule has 1 aromatic heterocycles. The number of benzene rings is 1. The van der Waals surface area contributed by atoms with Crippen LogP contribution in [0.4, 0.5) is 0 Å². The number of hydrogen-bond donors (Lipinski definition) is 1. The van der Waals surface area contributed by atoms with Crippen LogP contribution >= 0.6 is 0 Å². The van der Waals surface area contributed by atoms with Crippen molar-refractivity contribution in [3.8, 4) is 0 Å². The van der Waals surface area contributed by atoms with Crippen molar-refractivity contribution in [1.29, 1.82) is 0 Å². The van der Waals surface area contributed by atoms with Gasteiger partial charge < -0.3 is 5.73 Å². The second-order valence-electron chi connectivity index (χ2n) is 5.91. The van der Waals surface area contributed by atoms with Crippen molar-refractivity contribution in [2.24, 2.45) is 18.7 Å². The summed E-state index contributed by atoms with van der Waals surface area (Å²) in [6, 6.07) is 11.1. The Kier molecular flexibility index (Phi) is 3.62. The molecule has 3 rings (SSSR count). The molecule has 0 fully saturated rings. The lowest BCUT2D eigenvalue weighted by Gasteiger charge is -2.18. The normalized spacial score (nSPS) is 16.4. The second-order valence-corrected chi connectivity index (χ2v) is 5.91. The van der Waals surface area contributed by atoms with Gasteiger partial charge in [-0.05, 0) is 42.4 Å². The van der Waals surface area contributed by atoms with Gasteiger partial charge in [0.15, 0.2) is 0 Å². The van der Waals surface area contributed by atoms with Gasteiger partial charge in [0.1, 0.15) is 0 Å². The minimum atomic E-state index is 0.211. The van der Waals surface area contributed by atoms with Gasteiger partial charge in [0.25, 0.3) is 0 Å². The van der Waals surface area contributed by atoms with Gasteiger partial charge in [-0.15, -0.1) is 0 Å². The van der Waals surface area contributed by atoms with Crippen molar-refractivity contribution in [2.75, 3.05) is 0 Å². The standard InChI is InChI=1S/C17H23N3/c1-3-15-10-16(20(2)19-15)11-17(18)14-8-12-6-4-5-7-13(12)9-14/h4-7,10,14,17H,3,8-9,11,18H2,1-2H3. The maximum Gasteiger partial charge on any atom is 0.0624 e. The molecule has 1 aliphatic rings. The third-order valence-electron chi connectivity index (χ3n) is 4.52. The third-order valence-corrected chi connectivity index (χ3v) is 4.52. The van der Waals surface area contributed by atoms with Gasteiger partial charge in [-0.1, -0.05) is 31.2 Å². The lowest BCUT2D eigenvalue weighted by molar-refractivity contribution is 0.428. The van der Waals surface area contributed by atoms with E-state index < -0.39 is 0 Å². The highest BCUT2D eigenvalue weighted by Crippen LogP contribution is 2.29. The number of fused-ring (bicyclic) bond motifs is 1. The first-order valence-corrected chi connectivity index (χ1v) is 7.51. The number of nitrogens with two attached hydrogens (primary N) is 1. The molecule has 0 saturated heterocycles. The molecule has 0 radical (unpaired) electrons. The van der Waals surface area contributed by atoms with Gasteiger partial charge in [-0.2, -0.15) is 5.10 Å². The second kappa shape index (κ2) is 5.41. The third kappa shape index (κ3) is 2.50. The molecule has 1 atom stereocenters. The zero-order valence-corrected chi connectivity index (χ0v) is 12.3. The van der Waals surface area contributed by atoms with Crippen LogP contribution < -0.4 is 5.73 Å². The summed E-state index contributed by atoms with van der Waals surface area (Å²) in [5.41, 5.74) is 11.8. The Labute approximate surface area is 120 Å². The van der Waals surface area contributed by atoms with Crippen LogP contribution in [0.1, 0.15) is 29.4 Å². The number of hydrogen-bond acceptors (Lipinski definition) is 2. The van der Waals surface area contributed by atoms with Gasteiger partial charge in [-0.3, -0.25) is 4.68 Å². The van der Waals surface area contributed by atoms with E-state index >= 15 is 0 Å². The van der Waals surface area contributed by atoms with Crippen LogP contribution in [0, 0.1) is 5.92 Å². The van der Waals surface area contributed by atoms with Crippen LogP contribution in [0.3, 0.4) is 0 Å². The van der Waals surface area contributed by atoms with E-state index in [0.717, 1.165) is 31.4 Å². The molecule has 0 aliphatic heterocycles. The molecule has 0 spiro atoms. The van der Waals surface area contributed by atoms with Crippen LogP contribution in [0.25, 0.3) is 0 Å². The number of aromatic nitrogens is 2. The maximum absolute atomic E-state index is 6.47. The Morgan fingerprint density at radius 2 is 1.95 bits per heavy atom. The average Bonchev–Trinajstić information content (AvgIpc) is 3.02. The number of rotatable bonds is 4. The van der Waals surface area contributed by atoms with Crippen LogP contribution in [0.5, 0.6) is 0 Å². The van der Waals surface area contributed by atoms with Crippen LogP contribution in [0.15, 0.2) is 30.3 Å². The van der Waals surface area contributed by atoms with E-state index in [2.05, 4.69) is 42.4 Å². The minimum absolute atomic E-state index is 0.211. The molecule has 20 heavy (non-hydrogen) atoms. The summed E-state index contributed by atoms with van der Waals surface area (Å²) >= 11 is 0. The SMILES string of the molecule is CCc1cc(CC(N)C2Cc3ccccc3C2)n(C)n1. The molecule has 0 bridgehead atoms. The molecule has 2 N–H and O–H groups in total. The Balaban J connectivity index is 1.69. The largest absolute Gasteiger partial charge is 0.327 e. The van der Waals surface area contributed by atoms with E-state index in [-0.39, 0.29) is 6.04 Å². The van der Waals surface area contributed by atoms with Crippen molar-refractivity contribution in [3.63, 3.8) is 0 Å². The molecule has 1 unspecified atom stereocenters. The van der Waals surface area contributed by atoms with Gasteiger partial charge >= 0.3 is 0 Å². The summed E-state index contributed by atoms with van der Waals surface area (Å²) < 4.78 is 1.99.